The van der Waals surface area contributed by atoms with Crippen LogP contribution >= 0.6 is 0 Å². The fourth-order valence-electron chi connectivity index (χ4n) is 10.5. The number of fused-ring (bicyclic) bond motifs is 2. The SMILES string of the molecule is COc1ccccc1-c1cc(C2=C(c3cccc(-c4cc(C5=CCCN(C(=O)CCn6ccnn6)C5)c(F)c5[nH]c(C(=O)N(C)CC#CCCO)cc45)c3OC)CCN(C(=O)CCn3ccnn3)C2)c(F)c2cc(C(C)(C)O)oc12. The smallest absolute Gasteiger partial charge is 0.270 e. The van der Waals surface area contributed by atoms with Gasteiger partial charge in [0.15, 0.2) is 5.82 Å². The van der Waals surface area contributed by atoms with Crippen molar-refractivity contribution in [2.24, 2.45) is 0 Å². The Balaban J connectivity index is 1.15. The van der Waals surface area contributed by atoms with Crippen molar-refractivity contribution in [1.29, 1.82) is 0 Å². The van der Waals surface area contributed by atoms with Gasteiger partial charge in [-0.3, -0.25) is 23.7 Å². The van der Waals surface area contributed by atoms with E-state index < -0.39 is 23.1 Å². The first-order chi connectivity index (χ1) is 38.7. The summed E-state index contributed by atoms with van der Waals surface area (Å²) in [5.74, 6) is 4.68. The number of halogens is 2. The van der Waals surface area contributed by atoms with Crippen LogP contribution in [0.5, 0.6) is 11.5 Å². The highest BCUT2D eigenvalue weighted by Gasteiger charge is 2.33. The van der Waals surface area contributed by atoms with Crippen LogP contribution < -0.4 is 9.47 Å². The minimum atomic E-state index is -1.48. The molecule has 0 saturated heterocycles. The summed E-state index contributed by atoms with van der Waals surface area (Å²) < 4.78 is 57.2. The molecule has 0 fully saturated rings. The molecular weight excluding hydrogens is 1030 g/mol. The number of nitrogens with zero attached hydrogens (tertiary/aromatic N) is 9. The first-order valence-electron chi connectivity index (χ1n) is 26.3. The van der Waals surface area contributed by atoms with E-state index >= 15 is 8.78 Å². The van der Waals surface area contributed by atoms with E-state index in [0.717, 1.165) is 0 Å². The number of hydrogen-bond acceptors (Lipinski definition) is 12. The summed E-state index contributed by atoms with van der Waals surface area (Å²) in [6.45, 7) is 4.42. The second kappa shape index (κ2) is 23.2. The molecule has 18 nitrogen and oxygen atoms in total. The molecule has 8 aromatic rings. The Labute approximate surface area is 459 Å². The zero-order chi connectivity index (χ0) is 56.2. The number of methoxy groups -OCH3 is 2. The Kier molecular flexibility index (Phi) is 15.8. The van der Waals surface area contributed by atoms with Crippen LogP contribution in [0.3, 0.4) is 0 Å². The van der Waals surface area contributed by atoms with E-state index in [2.05, 4.69) is 37.4 Å². The van der Waals surface area contributed by atoms with E-state index in [1.54, 1.807) is 90.0 Å². The lowest BCUT2D eigenvalue weighted by Gasteiger charge is -2.33. The molecule has 0 saturated carbocycles. The number of H-pyrrole nitrogens is 1. The number of ether oxygens (including phenoxy) is 2. The van der Waals surface area contributed by atoms with Crippen molar-refractivity contribution in [3.63, 3.8) is 0 Å². The maximum Gasteiger partial charge on any atom is 0.270 e. The number of aryl methyl sites for hydroxylation is 2. The average Bonchev–Trinajstić information content (AvgIpc) is 4.49. The van der Waals surface area contributed by atoms with Gasteiger partial charge in [-0.25, -0.2) is 8.78 Å². The Morgan fingerprint density at radius 1 is 0.775 bits per heavy atom. The summed E-state index contributed by atoms with van der Waals surface area (Å²) in [4.78, 5) is 49.9. The van der Waals surface area contributed by atoms with E-state index in [0.29, 0.717) is 80.9 Å². The minimum Gasteiger partial charge on any atom is -0.496 e. The van der Waals surface area contributed by atoms with Crippen LogP contribution in [0.25, 0.3) is 60.8 Å². The van der Waals surface area contributed by atoms with Crippen molar-refractivity contribution >= 4 is 56.3 Å². The van der Waals surface area contributed by atoms with Gasteiger partial charge in [-0.1, -0.05) is 64.7 Å². The Morgan fingerprint density at radius 2 is 1.46 bits per heavy atom. The van der Waals surface area contributed by atoms with E-state index in [-0.39, 0.29) is 116 Å². The number of furan rings is 1. The first kappa shape index (κ1) is 54.4. The molecule has 412 valence electrons. The highest BCUT2D eigenvalue weighted by Crippen LogP contribution is 2.48. The molecule has 3 N–H and O–H groups in total. The molecule has 3 amide bonds. The third kappa shape index (κ3) is 10.9. The maximum atomic E-state index is 18.0. The Hall–Kier alpha value is -8.93. The topological polar surface area (TPSA) is 210 Å². The highest BCUT2D eigenvalue weighted by molar-refractivity contribution is 6.07. The summed E-state index contributed by atoms with van der Waals surface area (Å²) in [6, 6.07) is 19.4. The fraction of sp³-hybridized carbons (Fsp3) is 0.317. The average molecular weight is 1090 g/mol. The number of aromatic nitrogens is 7. The van der Waals surface area contributed by atoms with Crippen LogP contribution in [0.2, 0.25) is 0 Å². The summed E-state index contributed by atoms with van der Waals surface area (Å²) in [5, 5.41) is 36.7. The molecule has 20 heteroatoms. The lowest BCUT2D eigenvalue weighted by Crippen LogP contribution is -2.37. The summed E-state index contributed by atoms with van der Waals surface area (Å²) in [5.41, 5.74) is 3.63. The summed E-state index contributed by atoms with van der Waals surface area (Å²) >= 11 is 0. The van der Waals surface area contributed by atoms with Crippen molar-refractivity contribution in [1.82, 2.24) is 49.7 Å². The molecule has 0 spiro atoms. The molecule has 80 heavy (non-hydrogen) atoms. The molecule has 10 rings (SSSR count). The van der Waals surface area contributed by atoms with Crippen LogP contribution in [0.1, 0.15) is 78.9 Å². The summed E-state index contributed by atoms with van der Waals surface area (Å²) in [7, 11) is 4.65. The van der Waals surface area contributed by atoms with Crippen LogP contribution in [-0.2, 0) is 28.3 Å². The second-order valence-corrected chi connectivity index (χ2v) is 20.2. The lowest BCUT2D eigenvalue weighted by atomic mass is 9.85. The van der Waals surface area contributed by atoms with Crippen LogP contribution in [0.4, 0.5) is 8.78 Å². The number of carbonyl (C=O) groups is 3. The zero-order valence-electron chi connectivity index (χ0n) is 45.1. The van der Waals surface area contributed by atoms with Gasteiger partial charge in [-0.2, -0.15) is 0 Å². The van der Waals surface area contributed by atoms with Gasteiger partial charge in [0.2, 0.25) is 11.8 Å². The highest BCUT2D eigenvalue weighted by atomic mass is 19.1. The third-order valence-corrected chi connectivity index (χ3v) is 14.6. The Bertz CT molecular complexity index is 3770. The predicted octanol–water partition coefficient (Wildman–Crippen LogP) is 8.35. The molecular formula is C60H60F2N10O8. The number of aliphatic hydroxyl groups excluding tert-OH is 1. The minimum absolute atomic E-state index is 0.0166. The number of carbonyl (C=O) groups excluding carboxylic acids is 3. The zero-order valence-corrected chi connectivity index (χ0v) is 45.1. The second-order valence-electron chi connectivity index (χ2n) is 20.2. The van der Waals surface area contributed by atoms with E-state index in [1.165, 1.54) is 24.3 Å². The van der Waals surface area contributed by atoms with Crippen molar-refractivity contribution in [3.8, 4) is 45.6 Å². The van der Waals surface area contributed by atoms with Gasteiger partial charge in [-0.15, -0.1) is 10.2 Å². The van der Waals surface area contributed by atoms with Crippen molar-refractivity contribution in [3.05, 3.63) is 137 Å². The molecule has 2 aliphatic rings. The molecule has 0 radical (unpaired) electrons. The molecule has 6 heterocycles. The lowest BCUT2D eigenvalue weighted by molar-refractivity contribution is -0.131. The molecule has 0 unspecified atom stereocenters. The number of nitrogens with one attached hydrogen (secondary N) is 1. The molecule has 4 aromatic carbocycles. The summed E-state index contributed by atoms with van der Waals surface area (Å²) in [6.07, 6.45) is 9.56. The quantitative estimate of drug-likeness (QED) is 0.0735. The van der Waals surface area contributed by atoms with Crippen LogP contribution in [-0.4, -0.2) is 138 Å². The van der Waals surface area contributed by atoms with Crippen molar-refractivity contribution < 1.29 is 47.3 Å². The molecule has 0 atom stereocenters. The van der Waals surface area contributed by atoms with E-state index in [9.17, 15) is 24.6 Å². The predicted molar refractivity (Wildman–Crippen MR) is 297 cm³/mol. The fourth-order valence-corrected chi connectivity index (χ4v) is 10.5. The van der Waals surface area contributed by atoms with Gasteiger partial charge in [0.1, 0.15) is 40.0 Å². The molecule has 0 bridgehead atoms. The largest absolute Gasteiger partial charge is 0.496 e. The maximum absolute atomic E-state index is 18.0. The van der Waals surface area contributed by atoms with Crippen molar-refractivity contribution in [2.75, 3.05) is 60.6 Å². The monoisotopic (exact) mass is 1090 g/mol. The number of hydrogen-bond donors (Lipinski definition) is 3. The van der Waals surface area contributed by atoms with Gasteiger partial charge in [0.25, 0.3) is 5.91 Å². The number of rotatable bonds is 17. The third-order valence-electron chi connectivity index (χ3n) is 14.6. The van der Waals surface area contributed by atoms with Crippen molar-refractivity contribution in [2.45, 2.75) is 64.6 Å². The van der Waals surface area contributed by atoms with Gasteiger partial charge in [0.05, 0.1) is 63.8 Å². The number of para-hydroxylation sites is 2. The normalized spacial score (nSPS) is 13.9. The van der Waals surface area contributed by atoms with Crippen LogP contribution in [0.15, 0.2) is 102 Å². The number of aromatic amines is 1. The molecule has 2 aliphatic heterocycles. The number of benzene rings is 4. The number of amides is 3. The van der Waals surface area contributed by atoms with E-state index in [4.69, 9.17) is 13.9 Å². The first-order valence-corrected chi connectivity index (χ1v) is 26.3. The van der Waals surface area contributed by atoms with Crippen LogP contribution in [0, 0.1) is 23.5 Å². The molecule has 4 aromatic heterocycles. The molecule has 0 aliphatic carbocycles. The van der Waals surface area contributed by atoms with Gasteiger partial charge in [0, 0.05) is 104 Å². The standard InChI is InChI=1S/C60H60F2N10O8/c1-60(2,77)51-34-47-54(61)44(32-46(58(47)80-51)39-14-7-8-17-50(39)78-4)48-36-70(53(75)20-27-72-29-22-64-67-72)25-18-38(48)40-15-11-16-41(57(40)79-5)43-31-42(37-13-12-24-69(35-37)52(74)19-26-71-28-21-63-66-71)55(62)56-45(43)33-49(65-56)59(76)68(3)23-9-6-10-30-73/h7-8,11,13-17,21-22,28-29,31-34,65,73,77H,10,12,18-20,23-27,30,35-36H2,1-5H3. The van der Waals surface area contributed by atoms with E-state index in [1.807, 2.05) is 42.5 Å². The number of aliphatic hydroxyl groups is 2. The van der Waals surface area contributed by atoms with Gasteiger partial charge < -0.3 is 43.8 Å². The van der Waals surface area contributed by atoms with Gasteiger partial charge >= 0.3 is 0 Å². The van der Waals surface area contributed by atoms with Gasteiger partial charge in [-0.05, 0) is 79.3 Å². The Morgan fingerprint density at radius 3 is 2.14 bits per heavy atom.